The SMILES string of the molecule is O=C(NCC(F)(F)CO)c1cc2nc(-n3ccc(-c4ccccc4)n3)cc(N3CCOCC3)c2o1. The van der Waals surface area contributed by atoms with Crippen LogP contribution in [0.1, 0.15) is 10.6 Å². The summed E-state index contributed by atoms with van der Waals surface area (Å²) in [4.78, 5) is 19.2. The molecule has 1 saturated heterocycles. The van der Waals surface area contributed by atoms with E-state index in [0.717, 1.165) is 11.3 Å². The summed E-state index contributed by atoms with van der Waals surface area (Å²) >= 11 is 0. The second-order valence-electron chi connectivity index (χ2n) is 8.13. The lowest BCUT2D eigenvalue weighted by atomic mass is 10.2. The van der Waals surface area contributed by atoms with Gasteiger partial charge in [-0.2, -0.15) is 5.10 Å². The van der Waals surface area contributed by atoms with Crippen molar-refractivity contribution in [3.8, 4) is 17.1 Å². The molecule has 0 bridgehead atoms. The van der Waals surface area contributed by atoms with Crippen molar-refractivity contribution in [3.05, 3.63) is 60.5 Å². The largest absolute Gasteiger partial charge is 0.447 e. The number of alkyl halides is 2. The molecule has 2 N–H and O–H groups in total. The maximum absolute atomic E-state index is 13.4. The van der Waals surface area contributed by atoms with Crippen molar-refractivity contribution in [1.82, 2.24) is 20.1 Å². The average Bonchev–Trinajstić information content (AvgIpc) is 3.56. The van der Waals surface area contributed by atoms with Gasteiger partial charge in [0, 0.05) is 37.0 Å². The lowest BCUT2D eigenvalue weighted by molar-refractivity contribution is -0.0463. The number of aromatic nitrogens is 3. The number of ether oxygens (including phenoxy) is 1. The summed E-state index contributed by atoms with van der Waals surface area (Å²) in [5.41, 5.74) is 3.19. The smallest absolute Gasteiger partial charge is 0.287 e. The number of nitrogens with one attached hydrogen (secondary N) is 1. The van der Waals surface area contributed by atoms with Gasteiger partial charge in [0.1, 0.15) is 12.1 Å². The standard InChI is InChI=1S/C24H23F2N5O4/c25-24(26,15-32)14-27-23(33)20-12-18-22(35-20)19(30-8-10-34-11-9-30)13-21(28-18)31-7-6-17(29-31)16-4-2-1-3-5-16/h1-7,12-13,32H,8-11,14-15H2,(H,27,33). The summed E-state index contributed by atoms with van der Waals surface area (Å²) < 4.78 is 39.6. The van der Waals surface area contributed by atoms with Crippen LogP contribution >= 0.6 is 0 Å². The number of fused-ring (bicyclic) bond motifs is 1. The summed E-state index contributed by atoms with van der Waals surface area (Å²) in [5.74, 6) is -3.89. The van der Waals surface area contributed by atoms with Crippen molar-refractivity contribution in [3.63, 3.8) is 0 Å². The number of carbonyl (C=O) groups excluding carboxylic acids is 1. The molecule has 0 aliphatic carbocycles. The Morgan fingerprint density at radius 3 is 2.66 bits per heavy atom. The third kappa shape index (κ3) is 4.86. The monoisotopic (exact) mass is 483 g/mol. The third-order valence-electron chi connectivity index (χ3n) is 5.65. The normalized spacial score (nSPS) is 14.4. The Morgan fingerprint density at radius 2 is 1.91 bits per heavy atom. The van der Waals surface area contributed by atoms with Crippen LogP contribution in [0.5, 0.6) is 0 Å². The number of rotatable bonds is 7. The maximum atomic E-state index is 13.4. The number of nitrogens with zero attached hydrogens (tertiary/aromatic N) is 4. The summed E-state index contributed by atoms with van der Waals surface area (Å²) in [7, 11) is 0. The van der Waals surface area contributed by atoms with Crippen LogP contribution in [0, 0.1) is 0 Å². The zero-order valence-electron chi connectivity index (χ0n) is 18.7. The molecule has 1 aliphatic rings. The van der Waals surface area contributed by atoms with Crippen LogP contribution in [0.4, 0.5) is 14.5 Å². The van der Waals surface area contributed by atoms with Gasteiger partial charge in [0.2, 0.25) is 0 Å². The lowest BCUT2D eigenvalue weighted by Crippen LogP contribution is -2.38. The van der Waals surface area contributed by atoms with Gasteiger partial charge in [-0.3, -0.25) is 4.79 Å². The number of halogens is 2. The summed E-state index contributed by atoms with van der Waals surface area (Å²) in [6, 6.07) is 14.8. The van der Waals surface area contributed by atoms with Crippen LogP contribution in [0.25, 0.3) is 28.2 Å². The van der Waals surface area contributed by atoms with Crippen LogP contribution in [-0.2, 0) is 4.74 Å². The number of pyridine rings is 1. The molecule has 1 amide bonds. The second-order valence-corrected chi connectivity index (χ2v) is 8.13. The molecule has 0 radical (unpaired) electrons. The summed E-state index contributed by atoms with van der Waals surface area (Å²) in [6.45, 7) is -0.0965. The Labute approximate surface area is 198 Å². The van der Waals surface area contributed by atoms with Gasteiger partial charge < -0.3 is 24.5 Å². The Bertz CT molecular complexity index is 1330. The first-order valence-electron chi connectivity index (χ1n) is 11.1. The molecule has 4 aromatic rings. The number of carbonyl (C=O) groups is 1. The van der Waals surface area contributed by atoms with Gasteiger partial charge in [-0.1, -0.05) is 30.3 Å². The van der Waals surface area contributed by atoms with Crippen LogP contribution in [-0.4, -0.2) is 71.2 Å². The van der Waals surface area contributed by atoms with E-state index in [-0.39, 0.29) is 5.76 Å². The van der Waals surface area contributed by atoms with Gasteiger partial charge in [-0.05, 0) is 6.07 Å². The second kappa shape index (κ2) is 9.43. The van der Waals surface area contributed by atoms with Crippen LogP contribution < -0.4 is 10.2 Å². The van der Waals surface area contributed by atoms with E-state index in [1.54, 1.807) is 10.9 Å². The van der Waals surface area contributed by atoms with Crippen molar-refractivity contribution in [1.29, 1.82) is 0 Å². The minimum absolute atomic E-state index is 0.154. The first-order valence-corrected chi connectivity index (χ1v) is 11.1. The van der Waals surface area contributed by atoms with E-state index >= 15 is 0 Å². The first-order chi connectivity index (χ1) is 16.9. The number of furan rings is 1. The van der Waals surface area contributed by atoms with E-state index in [9.17, 15) is 13.6 Å². The van der Waals surface area contributed by atoms with E-state index in [2.05, 4.69) is 20.3 Å². The highest BCUT2D eigenvalue weighted by Crippen LogP contribution is 2.32. The van der Waals surface area contributed by atoms with Crippen molar-refractivity contribution in [2.75, 3.05) is 44.4 Å². The molecule has 5 rings (SSSR count). The lowest BCUT2D eigenvalue weighted by Gasteiger charge is -2.28. The highest BCUT2D eigenvalue weighted by molar-refractivity contribution is 5.98. The molecule has 4 heterocycles. The third-order valence-corrected chi connectivity index (χ3v) is 5.65. The number of hydrogen-bond acceptors (Lipinski definition) is 7. The molecule has 9 nitrogen and oxygen atoms in total. The van der Waals surface area contributed by atoms with Gasteiger partial charge in [0.05, 0.1) is 31.1 Å². The Kier molecular flexibility index (Phi) is 6.18. The van der Waals surface area contributed by atoms with E-state index < -0.39 is 25.0 Å². The zero-order chi connectivity index (χ0) is 24.4. The fourth-order valence-corrected chi connectivity index (χ4v) is 3.83. The van der Waals surface area contributed by atoms with E-state index in [4.69, 9.17) is 14.3 Å². The minimum Gasteiger partial charge on any atom is -0.447 e. The number of morpholine rings is 1. The number of anilines is 1. The van der Waals surface area contributed by atoms with Crippen LogP contribution in [0.15, 0.2) is 59.1 Å². The molecule has 35 heavy (non-hydrogen) atoms. The molecular formula is C24H23F2N5O4. The predicted molar refractivity (Wildman–Crippen MR) is 124 cm³/mol. The molecule has 0 spiro atoms. The number of hydrogen-bond donors (Lipinski definition) is 2. The van der Waals surface area contributed by atoms with E-state index in [1.165, 1.54) is 6.07 Å². The van der Waals surface area contributed by atoms with Gasteiger partial charge in [0.15, 0.2) is 17.2 Å². The molecule has 182 valence electrons. The number of aliphatic hydroxyl groups is 1. The van der Waals surface area contributed by atoms with Crippen LogP contribution in [0.3, 0.4) is 0 Å². The maximum Gasteiger partial charge on any atom is 0.287 e. The molecule has 0 atom stereocenters. The highest BCUT2D eigenvalue weighted by atomic mass is 19.3. The van der Waals surface area contributed by atoms with E-state index in [0.29, 0.717) is 48.9 Å². The minimum atomic E-state index is -3.43. The van der Waals surface area contributed by atoms with E-state index in [1.807, 2.05) is 42.5 Å². The molecule has 0 saturated carbocycles. The Hall–Kier alpha value is -3.83. The fourth-order valence-electron chi connectivity index (χ4n) is 3.83. The zero-order valence-corrected chi connectivity index (χ0v) is 18.7. The number of aliphatic hydroxyl groups excluding tert-OH is 1. The molecule has 1 aliphatic heterocycles. The molecule has 3 aromatic heterocycles. The summed E-state index contributed by atoms with van der Waals surface area (Å²) in [5, 5.41) is 15.5. The van der Waals surface area contributed by atoms with Crippen molar-refractivity contribution in [2.24, 2.45) is 0 Å². The Morgan fingerprint density at radius 1 is 1.14 bits per heavy atom. The summed E-state index contributed by atoms with van der Waals surface area (Å²) in [6.07, 6.45) is 1.80. The molecule has 0 unspecified atom stereocenters. The van der Waals surface area contributed by atoms with Crippen molar-refractivity contribution in [2.45, 2.75) is 5.92 Å². The van der Waals surface area contributed by atoms with Crippen molar-refractivity contribution >= 4 is 22.7 Å². The van der Waals surface area contributed by atoms with Crippen molar-refractivity contribution < 1.29 is 27.8 Å². The predicted octanol–water partition coefficient (Wildman–Crippen LogP) is 2.87. The average molecular weight is 483 g/mol. The Balaban J connectivity index is 1.52. The molecule has 1 aromatic carbocycles. The van der Waals surface area contributed by atoms with Gasteiger partial charge in [-0.15, -0.1) is 0 Å². The first kappa shape index (κ1) is 22.9. The molecular weight excluding hydrogens is 460 g/mol. The van der Waals surface area contributed by atoms with Gasteiger partial charge >= 0.3 is 0 Å². The number of amides is 1. The molecule has 1 fully saturated rings. The van der Waals surface area contributed by atoms with Crippen LogP contribution in [0.2, 0.25) is 0 Å². The topological polar surface area (TPSA) is 106 Å². The van der Waals surface area contributed by atoms with Gasteiger partial charge in [0.25, 0.3) is 11.8 Å². The highest BCUT2D eigenvalue weighted by Gasteiger charge is 2.29. The van der Waals surface area contributed by atoms with Gasteiger partial charge in [-0.25, -0.2) is 18.4 Å². The fraction of sp³-hybridized carbons (Fsp3) is 0.292. The quantitative estimate of drug-likeness (QED) is 0.416. The molecule has 11 heteroatoms. The number of benzene rings is 1.